The van der Waals surface area contributed by atoms with Crippen LogP contribution in [0.5, 0.6) is 5.75 Å². The molecule has 128 valence electrons. The van der Waals surface area contributed by atoms with Crippen molar-refractivity contribution in [2.45, 2.75) is 13.8 Å². The van der Waals surface area contributed by atoms with E-state index in [1.54, 1.807) is 30.3 Å². The van der Waals surface area contributed by atoms with Gasteiger partial charge in [0, 0.05) is 36.9 Å². The summed E-state index contributed by atoms with van der Waals surface area (Å²) in [5, 5.41) is 19.9. The second-order valence-corrected chi connectivity index (χ2v) is 5.53. The molecule has 0 spiro atoms. The van der Waals surface area contributed by atoms with Gasteiger partial charge in [0.25, 0.3) is 0 Å². The van der Waals surface area contributed by atoms with Crippen LogP contribution in [-0.2, 0) is 4.79 Å². The Morgan fingerprint density at radius 2 is 1.80 bits per heavy atom. The standard InChI is InChI=1S/C18H16N2O5/c1-11(21)19-16-10-14(20(23)24)8-9-15(16)18(25-12(2)22)17(19)13-6-4-3-5-7-13/h3-10,20,23H,1-2H3. The number of quaternary nitrogens is 1. The largest absolute Gasteiger partial charge is 0.595 e. The molecule has 0 aliphatic rings. The van der Waals surface area contributed by atoms with E-state index in [0.717, 1.165) is 0 Å². The van der Waals surface area contributed by atoms with Crippen LogP contribution in [0.4, 0.5) is 5.69 Å². The molecule has 0 radical (unpaired) electrons. The summed E-state index contributed by atoms with van der Waals surface area (Å²) in [7, 11) is 0. The smallest absolute Gasteiger partial charge is 0.308 e. The minimum atomic E-state index is -1.10. The quantitative estimate of drug-likeness (QED) is 0.563. The zero-order valence-corrected chi connectivity index (χ0v) is 13.6. The Balaban J connectivity index is 2.43. The van der Waals surface area contributed by atoms with Gasteiger partial charge in [0.2, 0.25) is 5.91 Å². The number of nitrogens with one attached hydrogen (secondary N) is 1. The average molecular weight is 340 g/mol. The molecular formula is C18H16N2O5. The third kappa shape index (κ3) is 3.03. The lowest BCUT2D eigenvalue weighted by Crippen LogP contribution is -2.99. The summed E-state index contributed by atoms with van der Waals surface area (Å²) in [5.41, 5.74) is 1.52. The van der Waals surface area contributed by atoms with Crippen molar-refractivity contribution in [3.63, 3.8) is 0 Å². The normalized spacial score (nSPS) is 12.2. The fraction of sp³-hybridized carbons (Fsp3) is 0.111. The Morgan fingerprint density at radius 1 is 1.12 bits per heavy atom. The number of fused-ring (bicyclic) bond motifs is 1. The summed E-state index contributed by atoms with van der Waals surface area (Å²) >= 11 is 0. The molecule has 7 nitrogen and oxygen atoms in total. The summed E-state index contributed by atoms with van der Waals surface area (Å²) < 4.78 is 6.76. The minimum absolute atomic E-state index is 0.0430. The number of rotatable bonds is 3. The maximum Gasteiger partial charge on any atom is 0.308 e. The molecule has 0 aliphatic heterocycles. The number of ether oxygens (including phenoxy) is 1. The Bertz CT molecular complexity index is 961. The number of benzene rings is 2. The van der Waals surface area contributed by atoms with Gasteiger partial charge in [-0.15, -0.1) is 0 Å². The van der Waals surface area contributed by atoms with E-state index in [9.17, 15) is 20.0 Å². The van der Waals surface area contributed by atoms with Gasteiger partial charge in [0.05, 0.1) is 11.2 Å². The molecule has 0 bridgehead atoms. The van der Waals surface area contributed by atoms with Crippen LogP contribution in [0, 0.1) is 5.21 Å². The van der Waals surface area contributed by atoms with Crippen molar-refractivity contribution in [1.29, 1.82) is 0 Å². The fourth-order valence-corrected chi connectivity index (χ4v) is 2.82. The predicted octanol–water partition coefficient (Wildman–Crippen LogP) is 2.30. The molecule has 0 aliphatic carbocycles. The van der Waals surface area contributed by atoms with Crippen molar-refractivity contribution in [2.24, 2.45) is 0 Å². The van der Waals surface area contributed by atoms with Crippen molar-refractivity contribution in [3.8, 4) is 17.0 Å². The van der Waals surface area contributed by atoms with Gasteiger partial charge in [-0.05, 0) is 6.07 Å². The van der Waals surface area contributed by atoms with Crippen LogP contribution in [0.15, 0.2) is 48.5 Å². The lowest BCUT2D eigenvalue weighted by Gasteiger charge is -2.12. The first-order valence-corrected chi connectivity index (χ1v) is 7.56. The predicted molar refractivity (Wildman–Crippen MR) is 90.8 cm³/mol. The van der Waals surface area contributed by atoms with Crippen molar-refractivity contribution in [1.82, 2.24) is 4.57 Å². The minimum Gasteiger partial charge on any atom is -0.595 e. The van der Waals surface area contributed by atoms with E-state index in [2.05, 4.69) is 0 Å². The fourth-order valence-electron chi connectivity index (χ4n) is 2.82. The molecule has 2 aromatic carbocycles. The molecule has 1 atom stereocenters. The summed E-state index contributed by atoms with van der Waals surface area (Å²) in [6.07, 6.45) is 0. The van der Waals surface area contributed by atoms with E-state index in [0.29, 0.717) is 22.2 Å². The van der Waals surface area contributed by atoms with Crippen LogP contribution < -0.4 is 9.96 Å². The summed E-state index contributed by atoms with van der Waals surface area (Å²) in [6.45, 7) is 2.65. The Kier molecular flexibility index (Phi) is 4.37. The number of aromatic nitrogens is 1. The van der Waals surface area contributed by atoms with Crippen LogP contribution in [0.3, 0.4) is 0 Å². The van der Waals surface area contributed by atoms with E-state index >= 15 is 0 Å². The molecule has 25 heavy (non-hydrogen) atoms. The maximum absolute atomic E-state index is 12.3. The Morgan fingerprint density at radius 3 is 2.36 bits per heavy atom. The zero-order chi connectivity index (χ0) is 18.1. The SMILES string of the molecule is CC(=O)Oc1c(-c2ccccc2)n(C(C)=O)c2cc([NH+]([O-])O)ccc12. The molecule has 0 amide bonds. The molecule has 3 aromatic rings. The van der Waals surface area contributed by atoms with Gasteiger partial charge in [0.1, 0.15) is 0 Å². The molecule has 0 saturated carbocycles. The molecular weight excluding hydrogens is 324 g/mol. The first-order valence-electron chi connectivity index (χ1n) is 7.56. The lowest BCUT2D eigenvalue weighted by atomic mass is 10.1. The molecule has 1 aromatic heterocycles. The lowest BCUT2D eigenvalue weighted by molar-refractivity contribution is -0.991. The van der Waals surface area contributed by atoms with Gasteiger partial charge in [-0.3, -0.25) is 14.2 Å². The number of carbonyl (C=O) groups excluding carboxylic acids is 2. The summed E-state index contributed by atoms with van der Waals surface area (Å²) in [5.74, 6) is -0.604. The van der Waals surface area contributed by atoms with Crippen molar-refractivity contribution < 1.29 is 24.8 Å². The van der Waals surface area contributed by atoms with Gasteiger partial charge >= 0.3 is 5.97 Å². The molecule has 2 N–H and O–H groups in total. The van der Waals surface area contributed by atoms with E-state index in [4.69, 9.17) is 4.74 Å². The number of nitrogens with zero attached hydrogens (tertiary/aromatic N) is 1. The van der Waals surface area contributed by atoms with E-state index in [1.807, 2.05) is 6.07 Å². The maximum atomic E-state index is 12.3. The number of hydrogen-bond acceptors (Lipinski definition) is 5. The van der Waals surface area contributed by atoms with Crippen molar-refractivity contribution >= 4 is 28.5 Å². The number of hydrogen-bond donors (Lipinski definition) is 2. The first-order chi connectivity index (χ1) is 11.9. The summed E-state index contributed by atoms with van der Waals surface area (Å²) in [6, 6.07) is 13.4. The van der Waals surface area contributed by atoms with E-state index in [1.165, 1.54) is 30.5 Å². The Hall–Kier alpha value is -3.00. The Labute approximate surface area is 143 Å². The number of esters is 1. The summed E-state index contributed by atoms with van der Waals surface area (Å²) in [4.78, 5) is 23.9. The van der Waals surface area contributed by atoms with Crippen LogP contribution in [0.1, 0.15) is 18.6 Å². The highest BCUT2D eigenvalue weighted by atomic mass is 16.8. The van der Waals surface area contributed by atoms with Crippen LogP contribution in [-0.4, -0.2) is 21.7 Å². The highest BCUT2D eigenvalue weighted by molar-refractivity contribution is 6.04. The van der Waals surface area contributed by atoms with Crippen molar-refractivity contribution in [2.75, 3.05) is 0 Å². The van der Waals surface area contributed by atoms with Gasteiger partial charge in [-0.1, -0.05) is 30.3 Å². The molecule has 1 unspecified atom stereocenters. The van der Waals surface area contributed by atoms with Gasteiger partial charge < -0.3 is 9.94 Å². The van der Waals surface area contributed by atoms with Gasteiger partial charge in [-0.2, -0.15) is 5.23 Å². The van der Waals surface area contributed by atoms with Crippen molar-refractivity contribution in [3.05, 3.63) is 53.7 Å². The second kappa shape index (κ2) is 6.48. The molecule has 0 fully saturated rings. The van der Waals surface area contributed by atoms with Crippen LogP contribution >= 0.6 is 0 Å². The third-order valence-corrected chi connectivity index (χ3v) is 3.78. The molecule has 7 heteroatoms. The average Bonchev–Trinajstić information content (AvgIpc) is 2.88. The molecule has 3 rings (SSSR count). The highest BCUT2D eigenvalue weighted by Gasteiger charge is 2.24. The highest BCUT2D eigenvalue weighted by Crippen LogP contribution is 2.40. The van der Waals surface area contributed by atoms with E-state index in [-0.39, 0.29) is 17.3 Å². The topological polar surface area (TPSA) is 96.0 Å². The third-order valence-electron chi connectivity index (χ3n) is 3.78. The monoisotopic (exact) mass is 340 g/mol. The van der Waals surface area contributed by atoms with Gasteiger partial charge in [-0.25, -0.2) is 5.21 Å². The number of carbonyl (C=O) groups is 2. The van der Waals surface area contributed by atoms with Gasteiger partial charge in [0.15, 0.2) is 11.4 Å². The second-order valence-electron chi connectivity index (χ2n) is 5.53. The zero-order valence-electron chi connectivity index (χ0n) is 13.6. The molecule has 1 heterocycles. The van der Waals surface area contributed by atoms with Crippen LogP contribution in [0.25, 0.3) is 22.2 Å². The molecule has 0 saturated heterocycles. The van der Waals surface area contributed by atoms with Crippen LogP contribution in [0.2, 0.25) is 0 Å². The first kappa shape index (κ1) is 16.8. The van der Waals surface area contributed by atoms with E-state index < -0.39 is 11.2 Å².